The van der Waals surface area contributed by atoms with Gasteiger partial charge in [0.2, 0.25) is 0 Å². The van der Waals surface area contributed by atoms with Crippen LogP contribution in [0.4, 0.5) is 0 Å². The number of hydrogen-bond acceptors (Lipinski definition) is 4. The third-order valence-corrected chi connectivity index (χ3v) is 4.63. The number of nitrogens with zero attached hydrogens (tertiary/aromatic N) is 2. The molecule has 0 spiro atoms. The molecule has 2 fully saturated rings. The van der Waals surface area contributed by atoms with Gasteiger partial charge in [-0.2, -0.15) is 0 Å². The molecule has 1 unspecified atom stereocenters. The van der Waals surface area contributed by atoms with Gasteiger partial charge in [0.05, 0.1) is 13.2 Å². The van der Waals surface area contributed by atoms with Crippen LogP contribution in [0.3, 0.4) is 0 Å². The second-order valence-electron chi connectivity index (χ2n) is 6.80. The van der Waals surface area contributed by atoms with E-state index in [4.69, 9.17) is 4.74 Å². The number of piperidine rings is 1. The Morgan fingerprint density at radius 3 is 2.58 bits per heavy atom. The predicted octanol–water partition coefficient (Wildman–Crippen LogP) is 1.05. The van der Waals surface area contributed by atoms with Gasteiger partial charge in [-0.25, -0.2) is 0 Å². The van der Waals surface area contributed by atoms with Gasteiger partial charge in [0.15, 0.2) is 0 Å². The molecule has 19 heavy (non-hydrogen) atoms. The summed E-state index contributed by atoms with van der Waals surface area (Å²) >= 11 is 0. The van der Waals surface area contributed by atoms with Crippen LogP contribution in [0.2, 0.25) is 0 Å². The van der Waals surface area contributed by atoms with Crippen molar-refractivity contribution in [1.82, 2.24) is 9.80 Å². The summed E-state index contributed by atoms with van der Waals surface area (Å²) in [6.45, 7) is 6.46. The zero-order valence-electron chi connectivity index (χ0n) is 12.6. The molecule has 0 bridgehead atoms. The summed E-state index contributed by atoms with van der Waals surface area (Å²) in [5, 5.41) is 9.73. The zero-order chi connectivity index (χ0) is 13.7. The number of aliphatic hydroxyl groups excluding tert-OH is 1. The van der Waals surface area contributed by atoms with E-state index in [1.165, 1.54) is 32.5 Å². The standard InChI is InChI=1S/C15H30N2O2/c1-16(2)10-14-4-7-17(8-5-14)11-15(12-18)6-3-9-19-13-15/h14,18H,3-13H2,1-2H3. The number of hydrogen-bond donors (Lipinski definition) is 1. The molecule has 0 aromatic rings. The van der Waals surface area contributed by atoms with Crippen molar-refractivity contribution < 1.29 is 9.84 Å². The summed E-state index contributed by atoms with van der Waals surface area (Å²) in [6, 6.07) is 0. The number of likely N-dealkylation sites (tertiary alicyclic amines) is 1. The van der Waals surface area contributed by atoms with Crippen LogP contribution in [0.5, 0.6) is 0 Å². The predicted molar refractivity (Wildman–Crippen MR) is 77.3 cm³/mol. The van der Waals surface area contributed by atoms with E-state index in [0.717, 1.165) is 38.5 Å². The molecule has 0 aromatic carbocycles. The third kappa shape index (κ3) is 4.42. The van der Waals surface area contributed by atoms with Crippen LogP contribution in [-0.4, -0.2) is 75.0 Å². The fourth-order valence-electron chi connectivity index (χ4n) is 3.53. The first-order valence-electron chi connectivity index (χ1n) is 7.69. The van der Waals surface area contributed by atoms with Crippen LogP contribution >= 0.6 is 0 Å². The second-order valence-corrected chi connectivity index (χ2v) is 6.80. The molecule has 4 nitrogen and oxygen atoms in total. The van der Waals surface area contributed by atoms with Crippen LogP contribution in [0.25, 0.3) is 0 Å². The van der Waals surface area contributed by atoms with Gasteiger partial charge in [0, 0.05) is 25.1 Å². The Bertz CT molecular complexity index is 257. The van der Waals surface area contributed by atoms with E-state index >= 15 is 0 Å². The maximum atomic E-state index is 9.73. The number of ether oxygens (including phenoxy) is 1. The Kier molecular flexibility index (Phi) is 5.63. The average molecular weight is 270 g/mol. The molecule has 0 aliphatic carbocycles. The second kappa shape index (κ2) is 7.02. The van der Waals surface area contributed by atoms with E-state index in [1.54, 1.807) is 0 Å². The van der Waals surface area contributed by atoms with Crippen molar-refractivity contribution in [2.24, 2.45) is 11.3 Å². The molecule has 0 saturated carbocycles. The van der Waals surface area contributed by atoms with Crippen molar-refractivity contribution in [2.75, 3.05) is 60.1 Å². The topological polar surface area (TPSA) is 35.9 Å². The van der Waals surface area contributed by atoms with Gasteiger partial charge in [0.1, 0.15) is 0 Å². The lowest BCUT2D eigenvalue weighted by Crippen LogP contribution is -2.48. The Hall–Kier alpha value is -0.160. The van der Waals surface area contributed by atoms with Crippen molar-refractivity contribution in [1.29, 1.82) is 0 Å². The lowest BCUT2D eigenvalue weighted by atomic mass is 9.82. The summed E-state index contributed by atoms with van der Waals surface area (Å²) in [4.78, 5) is 4.83. The Labute approximate surface area is 117 Å². The summed E-state index contributed by atoms with van der Waals surface area (Å²) < 4.78 is 5.60. The Morgan fingerprint density at radius 2 is 2.05 bits per heavy atom. The molecule has 2 heterocycles. The first-order valence-corrected chi connectivity index (χ1v) is 7.69. The van der Waals surface area contributed by atoms with E-state index in [9.17, 15) is 5.11 Å². The van der Waals surface area contributed by atoms with Gasteiger partial charge in [-0.15, -0.1) is 0 Å². The van der Waals surface area contributed by atoms with Crippen LogP contribution in [0.15, 0.2) is 0 Å². The quantitative estimate of drug-likeness (QED) is 0.810. The van der Waals surface area contributed by atoms with E-state index < -0.39 is 0 Å². The lowest BCUT2D eigenvalue weighted by molar-refractivity contribution is -0.0591. The van der Waals surface area contributed by atoms with Crippen molar-refractivity contribution in [3.8, 4) is 0 Å². The Balaban J connectivity index is 1.77. The fraction of sp³-hybridized carbons (Fsp3) is 1.00. The first kappa shape index (κ1) is 15.2. The van der Waals surface area contributed by atoms with Crippen LogP contribution in [-0.2, 0) is 4.74 Å². The SMILES string of the molecule is CN(C)CC1CCN(CC2(CO)CCCOC2)CC1. The molecular formula is C15H30N2O2. The van der Waals surface area contributed by atoms with Crippen molar-refractivity contribution in [2.45, 2.75) is 25.7 Å². The molecule has 4 heteroatoms. The van der Waals surface area contributed by atoms with Gasteiger partial charge < -0.3 is 19.6 Å². The van der Waals surface area contributed by atoms with E-state index in [1.807, 2.05) is 0 Å². The highest BCUT2D eigenvalue weighted by molar-refractivity contribution is 4.86. The minimum atomic E-state index is 0.00658. The number of aliphatic hydroxyl groups is 1. The maximum Gasteiger partial charge on any atom is 0.0556 e. The van der Waals surface area contributed by atoms with Crippen LogP contribution in [0, 0.1) is 11.3 Å². The normalized spacial score (nSPS) is 30.9. The summed E-state index contributed by atoms with van der Waals surface area (Å²) in [5.41, 5.74) is 0.00658. The third-order valence-electron chi connectivity index (χ3n) is 4.63. The first-order chi connectivity index (χ1) is 9.13. The highest BCUT2D eigenvalue weighted by Crippen LogP contribution is 2.30. The average Bonchev–Trinajstić information content (AvgIpc) is 2.41. The van der Waals surface area contributed by atoms with E-state index in [-0.39, 0.29) is 12.0 Å². The zero-order valence-corrected chi connectivity index (χ0v) is 12.6. The molecule has 0 aromatic heterocycles. The molecule has 1 atom stereocenters. The Morgan fingerprint density at radius 1 is 1.32 bits per heavy atom. The number of rotatable bonds is 5. The summed E-state index contributed by atoms with van der Waals surface area (Å²) in [6.07, 6.45) is 4.79. The van der Waals surface area contributed by atoms with Gasteiger partial charge in [0.25, 0.3) is 0 Å². The fourth-order valence-corrected chi connectivity index (χ4v) is 3.53. The monoisotopic (exact) mass is 270 g/mol. The largest absolute Gasteiger partial charge is 0.396 e. The molecule has 2 rings (SSSR count). The highest BCUT2D eigenvalue weighted by Gasteiger charge is 2.35. The molecule has 2 aliphatic heterocycles. The van der Waals surface area contributed by atoms with Crippen molar-refractivity contribution in [3.05, 3.63) is 0 Å². The molecule has 2 aliphatic rings. The van der Waals surface area contributed by atoms with Crippen LogP contribution in [0.1, 0.15) is 25.7 Å². The molecule has 0 radical (unpaired) electrons. The molecule has 112 valence electrons. The van der Waals surface area contributed by atoms with Crippen LogP contribution < -0.4 is 0 Å². The molecule has 2 saturated heterocycles. The van der Waals surface area contributed by atoms with Gasteiger partial charge in [-0.3, -0.25) is 0 Å². The maximum absolute atomic E-state index is 9.73. The lowest BCUT2D eigenvalue weighted by Gasteiger charge is -2.42. The minimum absolute atomic E-state index is 0.00658. The summed E-state index contributed by atoms with van der Waals surface area (Å²) in [7, 11) is 4.32. The molecule has 1 N–H and O–H groups in total. The van der Waals surface area contributed by atoms with Gasteiger partial charge in [-0.1, -0.05) is 0 Å². The van der Waals surface area contributed by atoms with Gasteiger partial charge in [-0.05, 0) is 58.8 Å². The summed E-state index contributed by atoms with van der Waals surface area (Å²) in [5.74, 6) is 0.846. The van der Waals surface area contributed by atoms with E-state index in [2.05, 4.69) is 23.9 Å². The van der Waals surface area contributed by atoms with Gasteiger partial charge >= 0.3 is 0 Å². The van der Waals surface area contributed by atoms with Crippen molar-refractivity contribution in [3.63, 3.8) is 0 Å². The van der Waals surface area contributed by atoms with Crippen molar-refractivity contribution >= 4 is 0 Å². The minimum Gasteiger partial charge on any atom is -0.396 e. The highest BCUT2D eigenvalue weighted by atomic mass is 16.5. The smallest absolute Gasteiger partial charge is 0.0556 e. The molecule has 0 amide bonds. The molecular weight excluding hydrogens is 240 g/mol. The van der Waals surface area contributed by atoms with E-state index in [0.29, 0.717) is 0 Å².